The van der Waals surface area contributed by atoms with Crippen LogP contribution in [0.25, 0.3) is 12.2 Å². The summed E-state index contributed by atoms with van der Waals surface area (Å²) in [5.41, 5.74) is 2.36. The van der Waals surface area contributed by atoms with Crippen molar-refractivity contribution in [3.8, 4) is 0 Å². The molecule has 3 aromatic rings. The number of aryl methyl sites for hydroxylation is 2. The normalized spacial score (nSPS) is 17.1. The molecule has 1 atom stereocenters. The molecular weight excluding hydrogens is 469 g/mol. The van der Waals surface area contributed by atoms with Crippen LogP contribution in [0, 0.1) is 25.6 Å². The summed E-state index contributed by atoms with van der Waals surface area (Å²) in [6.45, 7) is 3.89. The van der Waals surface area contributed by atoms with E-state index < -0.39 is 21.8 Å². The van der Waals surface area contributed by atoms with E-state index in [0.717, 1.165) is 11.3 Å². The predicted molar refractivity (Wildman–Crippen MR) is 133 cm³/mol. The van der Waals surface area contributed by atoms with Crippen LogP contribution in [0.15, 0.2) is 57.9 Å². The molecule has 1 fully saturated rings. The zero-order chi connectivity index (χ0) is 25.2. The van der Waals surface area contributed by atoms with E-state index in [1.54, 1.807) is 37.1 Å². The number of hydrogen-bond donors (Lipinski definition) is 0. The van der Waals surface area contributed by atoms with Crippen LogP contribution in [0.3, 0.4) is 0 Å². The summed E-state index contributed by atoms with van der Waals surface area (Å²) < 4.78 is 47.8. The summed E-state index contributed by atoms with van der Waals surface area (Å²) in [6, 6.07) is 13.8. The second-order valence-electron chi connectivity index (χ2n) is 8.75. The number of piperidine rings is 1. The van der Waals surface area contributed by atoms with E-state index in [1.807, 2.05) is 31.2 Å². The van der Waals surface area contributed by atoms with Gasteiger partial charge in [0.1, 0.15) is 11.5 Å². The van der Waals surface area contributed by atoms with Gasteiger partial charge in [0.25, 0.3) is 0 Å². The quantitative estimate of drug-likeness (QED) is 0.494. The van der Waals surface area contributed by atoms with Gasteiger partial charge in [0.05, 0.1) is 5.92 Å². The highest BCUT2D eigenvalue weighted by atomic mass is 32.2. The first-order valence-electron chi connectivity index (χ1n) is 11.4. The fourth-order valence-corrected chi connectivity index (χ4v) is 6.01. The van der Waals surface area contributed by atoms with Crippen molar-refractivity contribution in [2.24, 2.45) is 5.92 Å². The number of nitrogens with zero attached hydrogens (tertiary/aromatic N) is 3. The number of aromatic nitrogens is 1. The van der Waals surface area contributed by atoms with E-state index in [2.05, 4.69) is 5.16 Å². The lowest BCUT2D eigenvalue weighted by Gasteiger charge is -2.33. The average Bonchev–Trinajstić information content (AvgIpc) is 3.24. The Balaban J connectivity index is 1.56. The van der Waals surface area contributed by atoms with E-state index in [4.69, 9.17) is 4.52 Å². The van der Waals surface area contributed by atoms with Crippen molar-refractivity contribution < 1.29 is 22.1 Å². The van der Waals surface area contributed by atoms with Crippen LogP contribution in [0.2, 0.25) is 0 Å². The molecule has 2 heterocycles. The largest absolute Gasteiger partial charge is 0.355 e. The van der Waals surface area contributed by atoms with E-state index in [0.29, 0.717) is 24.9 Å². The molecule has 1 amide bonds. The van der Waals surface area contributed by atoms with Gasteiger partial charge in [0, 0.05) is 31.4 Å². The van der Waals surface area contributed by atoms with Crippen molar-refractivity contribution in [1.29, 1.82) is 0 Å². The minimum atomic E-state index is -4.00. The third-order valence-electron chi connectivity index (χ3n) is 6.24. The Morgan fingerprint density at radius 2 is 1.86 bits per heavy atom. The monoisotopic (exact) mass is 497 g/mol. The van der Waals surface area contributed by atoms with Gasteiger partial charge in [-0.05, 0) is 57.0 Å². The third-order valence-corrected chi connectivity index (χ3v) is 8.26. The Morgan fingerprint density at radius 3 is 2.57 bits per heavy atom. The Hall–Kier alpha value is -3.30. The summed E-state index contributed by atoms with van der Waals surface area (Å²) in [5, 5.41) is 3.84. The van der Waals surface area contributed by atoms with E-state index in [1.165, 1.54) is 22.5 Å². The van der Waals surface area contributed by atoms with Crippen molar-refractivity contribution in [2.45, 2.75) is 31.6 Å². The summed E-state index contributed by atoms with van der Waals surface area (Å²) in [4.78, 5) is 14.7. The molecule has 0 unspecified atom stereocenters. The standard InChI is InChI=1S/C26H28FN3O4S/c1-18-10-13-22(14-11-18)29(3)26(31)21-8-6-16-30(17-21)35(32,33)25-19(2)28-34-24(25)15-12-20-7-4-5-9-23(20)27/h4-5,7,9-15,21H,6,8,16-17H2,1-3H3/b15-12+/t21-/m1/s1. The number of rotatable bonds is 6. The van der Waals surface area contributed by atoms with Crippen molar-refractivity contribution in [3.05, 3.63) is 76.9 Å². The lowest BCUT2D eigenvalue weighted by molar-refractivity contribution is -0.123. The van der Waals surface area contributed by atoms with Crippen LogP contribution in [0.4, 0.5) is 10.1 Å². The molecule has 1 saturated heterocycles. The number of carbonyl (C=O) groups excluding carboxylic acids is 1. The predicted octanol–water partition coefficient (Wildman–Crippen LogP) is 4.66. The van der Waals surface area contributed by atoms with Crippen LogP contribution in [-0.2, 0) is 14.8 Å². The molecule has 0 radical (unpaired) electrons. The van der Waals surface area contributed by atoms with Crippen molar-refractivity contribution in [2.75, 3.05) is 25.0 Å². The molecule has 0 bridgehead atoms. The van der Waals surface area contributed by atoms with Crippen molar-refractivity contribution in [1.82, 2.24) is 9.46 Å². The SMILES string of the molecule is Cc1ccc(N(C)C(=O)[C@@H]2CCCN(S(=O)(=O)c3c(C)noc3/C=C/c3ccccc3F)C2)cc1. The number of sulfonamides is 1. The van der Waals surface area contributed by atoms with Gasteiger partial charge < -0.3 is 9.42 Å². The van der Waals surface area contributed by atoms with E-state index in [-0.39, 0.29) is 28.8 Å². The minimum absolute atomic E-state index is 0.0241. The average molecular weight is 498 g/mol. The van der Waals surface area contributed by atoms with Crippen LogP contribution in [-0.4, -0.2) is 43.9 Å². The Morgan fingerprint density at radius 1 is 1.14 bits per heavy atom. The molecular formula is C26H28FN3O4S. The van der Waals surface area contributed by atoms with Crippen LogP contribution >= 0.6 is 0 Å². The second kappa shape index (κ2) is 10.1. The van der Waals surface area contributed by atoms with Crippen molar-refractivity contribution in [3.63, 3.8) is 0 Å². The molecule has 0 saturated carbocycles. The van der Waals surface area contributed by atoms with E-state index >= 15 is 0 Å². The molecule has 1 aromatic heterocycles. The van der Waals surface area contributed by atoms with Gasteiger partial charge in [-0.2, -0.15) is 4.31 Å². The summed E-state index contributed by atoms with van der Waals surface area (Å²) in [5.74, 6) is -1.01. The molecule has 1 aliphatic rings. The van der Waals surface area contributed by atoms with Gasteiger partial charge in [0.2, 0.25) is 15.9 Å². The second-order valence-corrected chi connectivity index (χ2v) is 10.6. The summed E-state index contributed by atoms with van der Waals surface area (Å²) >= 11 is 0. The van der Waals surface area contributed by atoms with Gasteiger partial charge in [-0.3, -0.25) is 4.79 Å². The zero-order valence-corrected chi connectivity index (χ0v) is 20.8. The molecule has 0 aliphatic carbocycles. The maximum atomic E-state index is 14.0. The molecule has 1 aliphatic heterocycles. The highest BCUT2D eigenvalue weighted by Crippen LogP contribution is 2.30. The van der Waals surface area contributed by atoms with Crippen LogP contribution < -0.4 is 4.90 Å². The molecule has 7 nitrogen and oxygen atoms in total. The highest BCUT2D eigenvalue weighted by Gasteiger charge is 2.37. The Bertz CT molecular complexity index is 1350. The van der Waals surface area contributed by atoms with Gasteiger partial charge in [-0.15, -0.1) is 0 Å². The summed E-state index contributed by atoms with van der Waals surface area (Å²) in [7, 11) is -2.29. The molecule has 4 rings (SSSR count). The zero-order valence-electron chi connectivity index (χ0n) is 19.9. The molecule has 2 aromatic carbocycles. The first-order valence-corrected chi connectivity index (χ1v) is 12.9. The molecule has 184 valence electrons. The lowest BCUT2D eigenvalue weighted by atomic mass is 9.98. The maximum Gasteiger partial charge on any atom is 0.248 e. The Labute approximate surface area is 204 Å². The van der Waals surface area contributed by atoms with Gasteiger partial charge in [-0.1, -0.05) is 41.1 Å². The van der Waals surface area contributed by atoms with Gasteiger partial charge in [-0.25, -0.2) is 12.8 Å². The maximum absolute atomic E-state index is 14.0. The number of hydrogen-bond acceptors (Lipinski definition) is 5. The van der Waals surface area contributed by atoms with Gasteiger partial charge >= 0.3 is 0 Å². The van der Waals surface area contributed by atoms with Gasteiger partial charge in [0.15, 0.2) is 10.7 Å². The molecule has 9 heteroatoms. The number of amides is 1. The molecule has 0 spiro atoms. The summed E-state index contributed by atoms with van der Waals surface area (Å²) in [6.07, 6.45) is 4.02. The van der Waals surface area contributed by atoms with E-state index in [9.17, 15) is 17.6 Å². The highest BCUT2D eigenvalue weighted by molar-refractivity contribution is 7.89. The number of halogens is 1. The van der Waals surface area contributed by atoms with Crippen LogP contribution in [0.1, 0.15) is 35.4 Å². The lowest BCUT2D eigenvalue weighted by Crippen LogP contribution is -2.46. The first kappa shape index (κ1) is 24.8. The third kappa shape index (κ3) is 5.21. The fourth-order valence-electron chi connectivity index (χ4n) is 4.24. The number of carbonyl (C=O) groups is 1. The molecule has 35 heavy (non-hydrogen) atoms. The number of anilines is 1. The Kier molecular flexibility index (Phi) is 7.18. The number of benzene rings is 2. The molecule has 0 N–H and O–H groups in total. The van der Waals surface area contributed by atoms with Crippen LogP contribution in [0.5, 0.6) is 0 Å². The fraction of sp³-hybridized carbons (Fsp3) is 0.308. The minimum Gasteiger partial charge on any atom is -0.355 e. The topological polar surface area (TPSA) is 83.7 Å². The van der Waals surface area contributed by atoms with Crippen molar-refractivity contribution >= 4 is 33.8 Å². The first-order chi connectivity index (χ1) is 16.7. The smallest absolute Gasteiger partial charge is 0.248 e.